The third kappa shape index (κ3) is 6.08. The van der Waals surface area contributed by atoms with E-state index in [1.807, 2.05) is 55.4 Å². The van der Waals surface area contributed by atoms with Crippen molar-refractivity contribution < 1.29 is 28.4 Å². The summed E-state index contributed by atoms with van der Waals surface area (Å²) in [5, 5.41) is 20.9. The maximum absolute atomic E-state index is 16.0. The highest BCUT2D eigenvalue weighted by atomic mass is 19.1. The number of nitrogens with zero attached hydrogens (tertiary/aromatic N) is 6. The van der Waals surface area contributed by atoms with Crippen LogP contribution in [0.4, 0.5) is 15.8 Å². The van der Waals surface area contributed by atoms with Crippen molar-refractivity contribution in [1.29, 1.82) is 5.26 Å². The van der Waals surface area contributed by atoms with Crippen molar-refractivity contribution in [2.75, 3.05) is 42.9 Å². The summed E-state index contributed by atoms with van der Waals surface area (Å²) in [6.45, 7) is 5.61. The molecular formula is C40H39FN8O5. The number of alkyl halides is 1. The monoisotopic (exact) mass is 730 g/mol. The smallest absolute Gasteiger partial charge is 0.262 e. The van der Waals surface area contributed by atoms with Gasteiger partial charge in [0.25, 0.3) is 17.7 Å². The molecule has 3 fully saturated rings. The van der Waals surface area contributed by atoms with Crippen molar-refractivity contribution in [2.24, 2.45) is 0 Å². The lowest BCUT2D eigenvalue weighted by molar-refractivity contribution is -0.136. The minimum Gasteiger partial charge on any atom is -0.365 e. The molecule has 4 aliphatic heterocycles. The number of imide groups is 2. The minimum atomic E-state index is -1.44. The van der Waals surface area contributed by atoms with Gasteiger partial charge in [0.2, 0.25) is 11.8 Å². The summed E-state index contributed by atoms with van der Waals surface area (Å²) >= 11 is 0. The molecule has 1 aromatic heterocycles. The Labute approximate surface area is 310 Å². The number of hydrogen-bond acceptors (Lipinski definition) is 9. The standard InChI is InChI=1S/C40H39FN8O5/c1-39(2,38(54)44-32-10-7-25(18-42)28-5-3-4-6-29(28)32)48-20-26(19-43-48)24-13-15-46(16-14-24)21-40(41)22-47(23-40)27-8-9-30-31(17-27)37(53)49(36(30)52)33-11-12-34(50)45-35(33)51/h3-10,17,19-20,24,33H,11-16,21-23H2,1-2H3,(H,44,54)(H,45,50,51). The van der Waals surface area contributed by atoms with Gasteiger partial charge in [0.05, 0.1) is 42.0 Å². The molecule has 5 heterocycles. The zero-order chi connectivity index (χ0) is 37.9. The highest BCUT2D eigenvalue weighted by Crippen LogP contribution is 2.37. The van der Waals surface area contributed by atoms with Gasteiger partial charge in [-0.25, -0.2) is 4.39 Å². The molecule has 1 atom stereocenters. The summed E-state index contributed by atoms with van der Waals surface area (Å²) in [5.41, 5.74) is 0.755. The summed E-state index contributed by atoms with van der Waals surface area (Å²) in [4.78, 5) is 68.8. The number of aromatic nitrogens is 2. The van der Waals surface area contributed by atoms with Gasteiger partial charge in [-0.15, -0.1) is 0 Å². The lowest BCUT2D eigenvalue weighted by Crippen LogP contribution is -2.64. The molecule has 0 spiro atoms. The van der Waals surface area contributed by atoms with Crippen LogP contribution in [0.1, 0.15) is 77.3 Å². The van der Waals surface area contributed by atoms with E-state index in [0.717, 1.165) is 34.1 Å². The van der Waals surface area contributed by atoms with E-state index >= 15 is 4.39 Å². The Kier molecular flexibility index (Phi) is 8.56. The molecule has 5 amide bonds. The topological polar surface area (TPSA) is 161 Å². The number of nitrogens with one attached hydrogen (secondary N) is 2. The third-order valence-electron chi connectivity index (χ3n) is 11.3. The van der Waals surface area contributed by atoms with Gasteiger partial charge < -0.3 is 10.2 Å². The Morgan fingerprint density at radius 1 is 1.00 bits per heavy atom. The van der Waals surface area contributed by atoms with Crippen LogP contribution in [0.5, 0.6) is 0 Å². The highest BCUT2D eigenvalue weighted by Gasteiger charge is 2.48. The first-order valence-electron chi connectivity index (χ1n) is 18.2. The maximum atomic E-state index is 16.0. The molecule has 4 aliphatic rings. The number of likely N-dealkylation sites (tertiary alicyclic amines) is 1. The zero-order valence-electron chi connectivity index (χ0n) is 30.0. The van der Waals surface area contributed by atoms with Crippen molar-refractivity contribution in [3.63, 3.8) is 0 Å². The van der Waals surface area contributed by atoms with Crippen LogP contribution in [0.2, 0.25) is 0 Å². The van der Waals surface area contributed by atoms with E-state index < -0.39 is 40.9 Å². The molecular weight excluding hydrogens is 691 g/mol. The van der Waals surface area contributed by atoms with E-state index in [1.165, 1.54) is 0 Å². The van der Waals surface area contributed by atoms with E-state index in [0.29, 0.717) is 30.0 Å². The summed E-state index contributed by atoms with van der Waals surface area (Å²) in [5.74, 6) is -2.27. The first kappa shape index (κ1) is 35.1. The second kappa shape index (κ2) is 13.2. The number of fused-ring (bicyclic) bond motifs is 2. The molecule has 13 nitrogen and oxygen atoms in total. The van der Waals surface area contributed by atoms with E-state index in [4.69, 9.17) is 0 Å². The number of piperidine rings is 2. The molecule has 14 heteroatoms. The molecule has 8 rings (SSSR count). The predicted octanol–water partition coefficient (Wildman–Crippen LogP) is 4.09. The molecule has 0 aliphatic carbocycles. The zero-order valence-corrected chi connectivity index (χ0v) is 30.0. The molecule has 0 saturated carbocycles. The van der Waals surface area contributed by atoms with Crippen LogP contribution >= 0.6 is 0 Å². The van der Waals surface area contributed by atoms with Gasteiger partial charge in [-0.1, -0.05) is 24.3 Å². The first-order valence-corrected chi connectivity index (χ1v) is 18.2. The average molecular weight is 731 g/mol. The predicted molar refractivity (Wildman–Crippen MR) is 196 cm³/mol. The fourth-order valence-electron chi connectivity index (χ4n) is 8.14. The molecule has 54 heavy (non-hydrogen) atoms. The molecule has 0 bridgehead atoms. The van der Waals surface area contributed by atoms with Crippen molar-refractivity contribution in [2.45, 2.75) is 62.7 Å². The number of rotatable bonds is 8. The minimum absolute atomic E-state index is 0.0449. The molecule has 0 radical (unpaired) electrons. The van der Waals surface area contributed by atoms with E-state index in [-0.39, 0.29) is 55.4 Å². The highest BCUT2D eigenvalue weighted by molar-refractivity contribution is 6.23. The molecule has 3 aromatic carbocycles. The number of anilines is 2. The quantitative estimate of drug-likeness (QED) is 0.255. The maximum Gasteiger partial charge on any atom is 0.262 e. The Morgan fingerprint density at radius 2 is 1.72 bits per heavy atom. The molecule has 4 aromatic rings. The van der Waals surface area contributed by atoms with Gasteiger partial charge >= 0.3 is 0 Å². The number of hydrogen-bond donors (Lipinski definition) is 2. The van der Waals surface area contributed by atoms with E-state index in [2.05, 4.69) is 26.7 Å². The number of carbonyl (C=O) groups is 5. The van der Waals surface area contributed by atoms with Crippen molar-refractivity contribution >= 4 is 51.7 Å². The lowest BCUT2D eigenvalue weighted by atomic mass is 9.89. The van der Waals surface area contributed by atoms with Crippen LogP contribution in [-0.4, -0.2) is 93.6 Å². The Bertz CT molecular complexity index is 2280. The van der Waals surface area contributed by atoms with Crippen LogP contribution in [0.3, 0.4) is 0 Å². The number of benzene rings is 3. The third-order valence-corrected chi connectivity index (χ3v) is 11.3. The number of halogens is 1. The van der Waals surface area contributed by atoms with Crippen LogP contribution in [0.15, 0.2) is 67.0 Å². The van der Waals surface area contributed by atoms with Crippen molar-refractivity contribution in [3.05, 3.63) is 89.2 Å². The molecule has 3 saturated heterocycles. The average Bonchev–Trinajstić information content (AvgIpc) is 3.74. The van der Waals surface area contributed by atoms with Gasteiger partial charge in [-0.3, -0.25) is 43.8 Å². The Hall–Kier alpha value is -5.94. The molecule has 1 unspecified atom stereocenters. The SMILES string of the molecule is CC(C)(C(=O)Nc1ccc(C#N)c2ccccc12)n1cc(C2CCN(CC3(F)CN(c4ccc5c(c4)C(=O)N(C4CCC(=O)NC4=O)C5=O)C3)CC2)cn1. The van der Waals surface area contributed by atoms with Gasteiger partial charge in [0.15, 0.2) is 5.67 Å². The van der Waals surface area contributed by atoms with Crippen LogP contribution in [-0.2, 0) is 19.9 Å². The largest absolute Gasteiger partial charge is 0.365 e. The van der Waals surface area contributed by atoms with Crippen LogP contribution < -0.4 is 15.5 Å². The van der Waals surface area contributed by atoms with Gasteiger partial charge in [0, 0.05) is 41.3 Å². The fraction of sp³-hybridized carbons (Fsp3) is 0.375. The number of nitriles is 1. The summed E-state index contributed by atoms with van der Waals surface area (Å²) < 4.78 is 17.7. The van der Waals surface area contributed by atoms with E-state index in [1.54, 1.807) is 35.0 Å². The second-order valence-corrected chi connectivity index (χ2v) is 15.3. The molecule has 2 N–H and O–H groups in total. The van der Waals surface area contributed by atoms with Gasteiger partial charge in [-0.2, -0.15) is 10.4 Å². The lowest BCUT2D eigenvalue weighted by Gasteiger charge is -2.48. The van der Waals surface area contributed by atoms with Gasteiger partial charge in [0.1, 0.15) is 11.6 Å². The van der Waals surface area contributed by atoms with Crippen molar-refractivity contribution in [3.8, 4) is 6.07 Å². The van der Waals surface area contributed by atoms with Crippen molar-refractivity contribution in [1.82, 2.24) is 24.9 Å². The Balaban J connectivity index is 0.848. The molecule has 276 valence electrons. The Morgan fingerprint density at radius 3 is 2.44 bits per heavy atom. The second-order valence-electron chi connectivity index (χ2n) is 15.3. The van der Waals surface area contributed by atoms with Gasteiger partial charge in [-0.05, 0) is 88.0 Å². The summed E-state index contributed by atoms with van der Waals surface area (Å²) in [6, 6.07) is 16.9. The van der Waals surface area contributed by atoms with Crippen LogP contribution in [0, 0.1) is 11.3 Å². The summed E-state index contributed by atoms with van der Waals surface area (Å²) in [6.07, 6.45) is 5.50. The van der Waals surface area contributed by atoms with Crippen LogP contribution in [0.25, 0.3) is 10.8 Å². The fourth-order valence-corrected chi connectivity index (χ4v) is 8.14. The summed E-state index contributed by atoms with van der Waals surface area (Å²) in [7, 11) is 0. The first-order chi connectivity index (χ1) is 25.8. The van der Waals surface area contributed by atoms with E-state index in [9.17, 15) is 29.2 Å². The normalized spacial score (nSPS) is 20.4. The number of amides is 5. The number of carbonyl (C=O) groups excluding carboxylic acids is 5.